The summed E-state index contributed by atoms with van der Waals surface area (Å²) in [7, 11) is 2.00. The molecule has 192 valence electrons. The first kappa shape index (κ1) is 38.6. The van der Waals surface area contributed by atoms with Crippen LogP contribution in [0.1, 0.15) is 68.2 Å². The van der Waals surface area contributed by atoms with Crippen LogP contribution >= 0.6 is 0 Å². The molecule has 0 fully saturated rings. The molecule has 0 radical (unpaired) electrons. The Morgan fingerprint density at radius 3 is 0.529 bits per heavy atom. The van der Waals surface area contributed by atoms with Crippen molar-refractivity contribution in [3.05, 3.63) is 97.1 Å². The highest BCUT2D eigenvalue weighted by atomic mass is 16.2. The van der Waals surface area contributed by atoms with Crippen LogP contribution in [0.3, 0.4) is 0 Å². The van der Waals surface area contributed by atoms with Gasteiger partial charge in [0.2, 0.25) is 0 Å². The Labute approximate surface area is 211 Å². The van der Waals surface area contributed by atoms with E-state index in [1.165, 1.54) is 34.4 Å². The predicted octanol–water partition coefficient (Wildman–Crippen LogP) is 9.78. The normalized spacial score (nSPS) is 7.65. The first-order chi connectivity index (χ1) is 16.8. The molecule has 0 aliphatic heterocycles. The van der Waals surface area contributed by atoms with E-state index in [-0.39, 0.29) is 0 Å². The van der Waals surface area contributed by atoms with Crippen molar-refractivity contribution < 1.29 is 10.2 Å². The molecular weight excluding hydrogens is 416 g/mol. The molecule has 0 atom stereocenters. The lowest BCUT2D eigenvalue weighted by Crippen LogP contribution is -1.67. The second-order valence-corrected chi connectivity index (χ2v) is 6.11. The van der Waals surface area contributed by atoms with Crippen LogP contribution in [0.2, 0.25) is 0 Å². The molecule has 0 spiro atoms. The summed E-state index contributed by atoms with van der Waals surface area (Å²) in [5, 5.41) is 19.2. The van der Waals surface area contributed by atoms with E-state index < -0.39 is 0 Å². The van der Waals surface area contributed by atoms with Crippen molar-refractivity contribution in [2.75, 3.05) is 14.2 Å². The van der Waals surface area contributed by atoms with Gasteiger partial charge in [0.05, 0.1) is 0 Å². The van der Waals surface area contributed by atoms with E-state index in [4.69, 9.17) is 10.2 Å². The summed E-state index contributed by atoms with van der Waals surface area (Å²) in [5.74, 6) is 0. The number of rotatable bonds is 0. The summed E-state index contributed by atoms with van der Waals surface area (Å²) in [6.45, 7) is 16.5. The molecule has 4 aromatic rings. The van der Waals surface area contributed by atoms with Gasteiger partial charge in [0.1, 0.15) is 0 Å². The van der Waals surface area contributed by atoms with Crippen LogP contribution in [-0.2, 0) is 0 Å². The van der Waals surface area contributed by atoms with Gasteiger partial charge >= 0.3 is 0 Å². The molecule has 2 nitrogen and oxygen atoms in total. The van der Waals surface area contributed by atoms with Crippen LogP contribution in [0.4, 0.5) is 0 Å². The number of aliphatic hydroxyl groups is 2. The van der Waals surface area contributed by atoms with Crippen LogP contribution in [0, 0.1) is 0 Å². The van der Waals surface area contributed by atoms with Crippen molar-refractivity contribution in [3.63, 3.8) is 0 Å². The standard InChI is InChI=1S/2C10H8.2C3H8.2C2H6.2CH4O/c2*1-2-6-10-8-4-3-7-9(10)5-1;2*1-3-2;4*1-2/h2*1-8H;2*3H2,1-2H3;2*1-2H3;2*2H,1H3. The fourth-order valence-corrected chi connectivity index (χ4v) is 2.27. The first-order valence-corrected chi connectivity index (χ1v) is 12.5. The van der Waals surface area contributed by atoms with Crippen LogP contribution in [0.25, 0.3) is 21.5 Å². The molecule has 2 heteroatoms. The van der Waals surface area contributed by atoms with Gasteiger partial charge in [-0.3, -0.25) is 0 Å². The Morgan fingerprint density at radius 2 is 0.441 bits per heavy atom. The van der Waals surface area contributed by atoms with Crippen LogP contribution in [-0.4, -0.2) is 24.4 Å². The van der Waals surface area contributed by atoms with Crippen molar-refractivity contribution >= 4 is 21.5 Å². The third kappa shape index (κ3) is 21.2. The smallest absolute Gasteiger partial charge is 0.0319 e. The monoisotopic (exact) mass is 468 g/mol. The number of benzene rings is 4. The van der Waals surface area contributed by atoms with Crippen molar-refractivity contribution in [1.82, 2.24) is 0 Å². The number of hydrogen-bond acceptors (Lipinski definition) is 2. The van der Waals surface area contributed by atoms with Gasteiger partial charge in [0.15, 0.2) is 0 Å². The molecular formula is C32H52O2. The van der Waals surface area contributed by atoms with E-state index in [1.807, 2.05) is 27.7 Å². The zero-order valence-corrected chi connectivity index (χ0v) is 23.5. The Morgan fingerprint density at radius 1 is 0.353 bits per heavy atom. The second kappa shape index (κ2) is 34.9. The molecule has 0 amide bonds. The van der Waals surface area contributed by atoms with Crippen LogP contribution < -0.4 is 0 Å². The molecule has 0 aliphatic carbocycles. The Hall–Kier alpha value is -2.68. The average molecular weight is 469 g/mol. The van der Waals surface area contributed by atoms with Crippen molar-refractivity contribution in [2.45, 2.75) is 68.2 Å². The van der Waals surface area contributed by atoms with Gasteiger partial charge < -0.3 is 10.2 Å². The maximum Gasteiger partial charge on any atom is 0.0319 e. The summed E-state index contributed by atoms with van der Waals surface area (Å²) < 4.78 is 0. The molecule has 0 aromatic heterocycles. The SMILES string of the molecule is CC.CC.CCC.CCC.CO.CO.c1ccc2ccccc2c1.c1ccc2ccccc2c1. The van der Waals surface area contributed by atoms with Gasteiger partial charge in [-0.15, -0.1) is 0 Å². The predicted molar refractivity (Wildman–Crippen MR) is 159 cm³/mol. The second-order valence-electron chi connectivity index (χ2n) is 6.11. The molecule has 34 heavy (non-hydrogen) atoms. The van der Waals surface area contributed by atoms with Gasteiger partial charge in [-0.25, -0.2) is 0 Å². The quantitative estimate of drug-likeness (QED) is 0.269. The van der Waals surface area contributed by atoms with Gasteiger partial charge in [0, 0.05) is 14.2 Å². The lowest BCUT2D eigenvalue weighted by molar-refractivity contribution is 0.399. The summed E-state index contributed by atoms with van der Waals surface area (Å²) in [5.41, 5.74) is 0. The minimum Gasteiger partial charge on any atom is -0.400 e. The molecule has 0 saturated heterocycles. The Balaban J connectivity index is -0.000000176. The highest BCUT2D eigenvalue weighted by Gasteiger charge is 1.86. The molecule has 0 bridgehead atoms. The van der Waals surface area contributed by atoms with Crippen LogP contribution in [0.5, 0.6) is 0 Å². The van der Waals surface area contributed by atoms with E-state index in [0.29, 0.717) is 0 Å². The average Bonchev–Trinajstić information content (AvgIpc) is 2.95. The zero-order valence-electron chi connectivity index (χ0n) is 23.5. The molecule has 0 aliphatic rings. The van der Waals surface area contributed by atoms with Crippen molar-refractivity contribution in [1.29, 1.82) is 0 Å². The van der Waals surface area contributed by atoms with Gasteiger partial charge in [-0.1, -0.05) is 165 Å². The van der Waals surface area contributed by atoms with E-state index >= 15 is 0 Å². The molecule has 0 unspecified atom stereocenters. The minimum atomic E-state index is 1.00. The third-order valence-electron chi connectivity index (χ3n) is 3.32. The maximum absolute atomic E-state index is 7.00. The van der Waals surface area contributed by atoms with Gasteiger partial charge in [0.25, 0.3) is 0 Å². The topological polar surface area (TPSA) is 40.5 Å². The van der Waals surface area contributed by atoms with E-state index in [0.717, 1.165) is 14.2 Å². The van der Waals surface area contributed by atoms with E-state index in [2.05, 4.69) is 125 Å². The lowest BCUT2D eigenvalue weighted by atomic mass is 10.1. The zero-order chi connectivity index (χ0) is 27.0. The molecule has 2 N–H and O–H groups in total. The highest BCUT2D eigenvalue weighted by molar-refractivity contribution is 5.82. The summed E-state index contributed by atoms with van der Waals surface area (Å²) in [6, 6.07) is 33.4. The number of aliphatic hydroxyl groups excluding tert-OH is 2. The van der Waals surface area contributed by atoms with Gasteiger partial charge in [-0.05, 0) is 21.5 Å². The largest absolute Gasteiger partial charge is 0.400 e. The minimum absolute atomic E-state index is 1.00. The van der Waals surface area contributed by atoms with E-state index in [9.17, 15) is 0 Å². The first-order valence-electron chi connectivity index (χ1n) is 12.5. The molecule has 4 aromatic carbocycles. The molecule has 0 heterocycles. The number of fused-ring (bicyclic) bond motifs is 2. The van der Waals surface area contributed by atoms with Crippen LogP contribution in [0.15, 0.2) is 97.1 Å². The fraction of sp³-hybridized carbons (Fsp3) is 0.375. The van der Waals surface area contributed by atoms with Crippen molar-refractivity contribution in [2.24, 2.45) is 0 Å². The fourth-order valence-electron chi connectivity index (χ4n) is 2.27. The molecule has 4 rings (SSSR count). The van der Waals surface area contributed by atoms with Crippen molar-refractivity contribution in [3.8, 4) is 0 Å². The van der Waals surface area contributed by atoms with E-state index in [1.54, 1.807) is 0 Å². The highest BCUT2D eigenvalue weighted by Crippen LogP contribution is 2.12. The third-order valence-corrected chi connectivity index (χ3v) is 3.32. The Bertz CT molecular complexity index is 653. The maximum atomic E-state index is 7.00. The summed E-state index contributed by atoms with van der Waals surface area (Å²) in [4.78, 5) is 0. The summed E-state index contributed by atoms with van der Waals surface area (Å²) in [6.07, 6.45) is 2.50. The lowest BCUT2D eigenvalue weighted by Gasteiger charge is -1.92. The molecule has 0 saturated carbocycles. The van der Waals surface area contributed by atoms with Gasteiger partial charge in [-0.2, -0.15) is 0 Å². The Kier molecular flexibility index (Phi) is 39.6. The number of hydrogen-bond donors (Lipinski definition) is 2. The summed E-state index contributed by atoms with van der Waals surface area (Å²) >= 11 is 0.